The number of hydrogen-bond acceptors (Lipinski definition) is 3. The summed E-state index contributed by atoms with van der Waals surface area (Å²) in [6.07, 6.45) is 1.35. The first kappa shape index (κ1) is 21.5. The summed E-state index contributed by atoms with van der Waals surface area (Å²) in [5, 5.41) is 6.06. The first-order valence-corrected chi connectivity index (χ1v) is 11.7. The van der Waals surface area contributed by atoms with E-state index in [1.807, 2.05) is 61.5 Å². The summed E-state index contributed by atoms with van der Waals surface area (Å²) >= 11 is 3.49. The van der Waals surface area contributed by atoms with E-state index in [-0.39, 0.29) is 18.0 Å². The fourth-order valence-corrected chi connectivity index (χ4v) is 4.97. The van der Waals surface area contributed by atoms with Crippen molar-refractivity contribution in [2.24, 2.45) is 0 Å². The number of urea groups is 1. The molecule has 168 valence electrons. The molecule has 7 heteroatoms. The highest BCUT2D eigenvalue weighted by atomic mass is 79.9. The number of ether oxygens (including phenoxy) is 1. The zero-order valence-electron chi connectivity index (χ0n) is 18.2. The third-order valence-electron chi connectivity index (χ3n) is 6.14. The number of halogens is 1. The molecule has 1 fully saturated rings. The second-order valence-electron chi connectivity index (χ2n) is 8.54. The van der Waals surface area contributed by atoms with Crippen molar-refractivity contribution in [3.63, 3.8) is 0 Å². The van der Waals surface area contributed by atoms with Gasteiger partial charge in [0.05, 0.1) is 11.7 Å². The minimum atomic E-state index is -0.865. The van der Waals surface area contributed by atoms with Gasteiger partial charge in [0, 0.05) is 28.6 Å². The van der Waals surface area contributed by atoms with Gasteiger partial charge in [0.25, 0.3) is 5.91 Å². The summed E-state index contributed by atoms with van der Waals surface area (Å²) in [6, 6.07) is 22.6. The quantitative estimate of drug-likeness (QED) is 0.501. The van der Waals surface area contributed by atoms with Crippen LogP contribution in [0.1, 0.15) is 40.9 Å². The van der Waals surface area contributed by atoms with Crippen molar-refractivity contribution in [2.45, 2.75) is 31.5 Å². The Kier molecular flexibility index (Phi) is 5.58. The van der Waals surface area contributed by atoms with Crippen LogP contribution in [0, 0.1) is 0 Å². The number of fused-ring (bicyclic) bond motifs is 4. The molecular formula is C26H24BrN3O3. The minimum absolute atomic E-state index is 0.135. The van der Waals surface area contributed by atoms with Crippen LogP contribution in [0.2, 0.25) is 0 Å². The Labute approximate surface area is 201 Å². The first-order chi connectivity index (χ1) is 15.9. The lowest BCUT2D eigenvalue weighted by atomic mass is 9.90. The fourth-order valence-electron chi connectivity index (χ4n) is 4.59. The summed E-state index contributed by atoms with van der Waals surface area (Å²) in [6.45, 7) is 2.45. The van der Waals surface area contributed by atoms with E-state index in [1.54, 1.807) is 23.1 Å². The van der Waals surface area contributed by atoms with E-state index in [4.69, 9.17) is 4.74 Å². The number of nitrogens with zero attached hydrogens (tertiary/aromatic N) is 1. The monoisotopic (exact) mass is 505 g/mol. The number of rotatable bonds is 5. The Morgan fingerprint density at radius 1 is 1.15 bits per heavy atom. The van der Waals surface area contributed by atoms with Crippen molar-refractivity contribution in [1.82, 2.24) is 10.6 Å². The van der Waals surface area contributed by atoms with Crippen LogP contribution < -0.4 is 20.3 Å². The Hall–Kier alpha value is -3.32. The van der Waals surface area contributed by atoms with Gasteiger partial charge in [-0.2, -0.15) is 0 Å². The number of benzene rings is 3. The Morgan fingerprint density at radius 3 is 2.79 bits per heavy atom. The predicted octanol–water partition coefficient (Wildman–Crippen LogP) is 5.19. The molecule has 2 N–H and O–H groups in total. The van der Waals surface area contributed by atoms with E-state index < -0.39 is 5.72 Å². The van der Waals surface area contributed by atoms with Crippen LogP contribution in [0.4, 0.5) is 10.5 Å². The molecule has 3 aromatic carbocycles. The molecule has 3 aromatic rings. The van der Waals surface area contributed by atoms with E-state index >= 15 is 0 Å². The third-order valence-corrected chi connectivity index (χ3v) is 6.64. The van der Waals surface area contributed by atoms with Gasteiger partial charge < -0.3 is 15.4 Å². The summed E-state index contributed by atoms with van der Waals surface area (Å²) in [4.78, 5) is 27.5. The molecule has 3 amide bonds. The molecular weight excluding hydrogens is 482 g/mol. The van der Waals surface area contributed by atoms with E-state index in [2.05, 4.69) is 26.6 Å². The van der Waals surface area contributed by atoms with Crippen LogP contribution in [-0.2, 0) is 6.42 Å². The lowest BCUT2D eigenvalue weighted by Crippen LogP contribution is -2.65. The van der Waals surface area contributed by atoms with Crippen LogP contribution in [0.15, 0.2) is 77.3 Å². The van der Waals surface area contributed by atoms with Gasteiger partial charge in [0.2, 0.25) is 0 Å². The number of carbonyl (C=O) groups is 2. The van der Waals surface area contributed by atoms with Crippen LogP contribution in [0.5, 0.6) is 5.75 Å². The molecule has 1 saturated heterocycles. The molecule has 33 heavy (non-hydrogen) atoms. The lowest BCUT2D eigenvalue weighted by molar-refractivity contribution is 0.0378. The minimum Gasteiger partial charge on any atom is -0.467 e. The largest absolute Gasteiger partial charge is 0.467 e. The van der Waals surface area contributed by atoms with Gasteiger partial charge in [-0.15, -0.1) is 0 Å². The highest BCUT2D eigenvalue weighted by Crippen LogP contribution is 2.46. The average molecular weight is 506 g/mol. The van der Waals surface area contributed by atoms with Crippen molar-refractivity contribution in [3.05, 3.63) is 94.0 Å². The molecule has 0 spiro atoms. The molecule has 0 aliphatic carbocycles. The van der Waals surface area contributed by atoms with E-state index in [0.717, 1.165) is 22.2 Å². The lowest BCUT2D eigenvalue weighted by Gasteiger charge is -2.50. The SMILES string of the molecule is CC12CC(NC(=O)N1c1cccc(C(=O)NCCc3ccccc3)c1)c1cc(Br)ccc1O2. The molecule has 6 nitrogen and oxygen atoms in total. The Bertz CT molecular complexity index is 1220. The molecule has 0 saturated carbocycles. The molecule has 2 bridgehead atoms. The first-order valence-electron chi connectivity index (χ1n) is 10.9. The standard InChI is InChI=1S/C26H24BrN3O3/c1-26-16-22(21-15-19(27)10-11-23(21)33-26)29-25(32)30(26)20-9-5-8-18(14-20)24(31)28-13-12-17-6-3-2-4-7-17/h2-11,14-15,22H,12-13,16H2,1H3,(H,28,31)(H,29,32). The summed E-state index contributed by atoms with van der Waals surface area (Å²) in [7, 11) is 0. The van der Waals surface area contributed by atoms with Crippen molar-refractivity contribution < 1.29 is 14.3 Å². The van der Waals surface area contributed by atoms with Crippen molar-refractivity contribution in [1.29, 1.82) is 0 Å². The molecule has 5 rings (SSSR count). The van der Waals surface area contributed by atoms with Crippen molar-refractivity contribution in [2.75, 3.05) is 11.4 Å². The second kappa shape index (κ2) is 8.56. The highest BCUT2D eigenvalue weighted by Gasteiger charge is 2.49. The maximum absolute atomic E-state index is 13.1. The summed E-state index contributed by atoms with van der Waals surface area (Å²) in [5.41, 5.74) is 2.38. The van der Waals surface area contributed by atoms with Crippen LogP contribution in [-0.4, -0.2) is 24.2 Å². The number of hydrogen-bond donors (Lipinski definition) is 2. The summed E-state index contributed by atoms with van der Waals surface area (Å²) in [5.74, 6) is 0.574. The van der Waals surface area contributed by atoms with Gasteiger partial charge in [0.15, 0.2) is 5.72 Å². The van der Waals surface area contributed by atoms with Crippen molar-refractivity contribution >= 4 is 33.6 Å². The topological polar surface area (TPSA) is 70.7 Å². The molecule has 2 unspecified atom stereocenters. The number of carbonyl (C=O) groups excluding carboxylic acids is 2. The predicted molar refractivity (Wildman–Crippen MR) is 130 cm³/mol. The van der Waals surface area contributed by atoms with Crippen LogP contribution in [0.25, 0.3) is 0 Å². The highest BCUT2D eigenvalue weighted by molar-refractivity contribution is 9.10. The van der Waals surface area contributed by atoms with E-state index in [0.29, 0.717) is 24.2 Å². The van der Waals surface area contributed by atoms with Gasteiger partial charge in [-0.3, -0.25) is 9.69 Å². The van der Waals surface area contributed by atoms with Gasteiger partial charge in [-0.25, -0.2) is 4.79 Å². The van der Waals surface area contributed by atoms with E-state index in [1.165, 1.54) is 5.56 Å². The number of amides is 3. The van der Waals surface area contributed by atoms with E-state index in [9.17, 15) is 9.59 Å². The van der Waals surface area contributed by atoms with Gasteiger partial charge in [-0.05, 0) is 55.3 Å². The van der Waals surface area contributed by atoms with Crippen LogP contribution in [0.3, 0.4) is 0 Å². The normalized spacial score (nSPS) is 21.0. The Morgan fingerprint density at radius 2 is 1.97 bits per heavy atom. The van der Waals surface area contributed by atoms with Crippen molar-refractivity contribution in [3.8, 4) is 5.75 Å². The molecule has 2 heterocycles. The zero-order chi connectivity index (χ0) is 23.0. The summed E-state index contributed by atoms with van der Waals surface area (Å²) < 4.78 is 7.28. The molecule has 2 aliphatic rings. The number of anilines is 1. The van der Waals surface area contributed by atoms with Gasteiger partial charge >= 0.3 is 6.03 Å². The second-order valence-corrected chi connectivity index (χ2v) is 9.46. The number of nitrogens with one attached hydrogen (secondary N) is 2. The fraction of sp³-hybridized carbons (Fsp3) is 0.231. The smallest absolute Gasteiger partial charge is 0.325 e. The maximum Gasteiger partial charge on any atom is 0.325 e. The van der Waals surface area contributed by atoms with Crippen LogP contribution >= 0.6 is 15.9 Å². The molecule has 2 aliphatic heterocycles. The molecule has 0 radical (unpaired) electrons. The van der Waals surface area contributed by atoms with Gasteiger partial charge in [0.1, 0.15) is 5.75 Å². The Balaban J connectivity index is 1.35. The maximum atomic E-state index is 13.1. The zero-order valence-corrected chi connectivity index (χ0v) is 19.8. The average Bonchev–Trinajstić information content (AvgIpc) is 2.80. The third kappa shape index (κ3) is 4.20. The molecule has 2 atom stereocenters. The van der Waals surface area contributed by atoms with Gasteiger partial charge in [-0.1, -0.05) is 52.3 Å². The molecule has 0 aromatic heterocycles.